The molecule has 6 rings (SSSR count). The highest BCUT2D eigenvalue weighted by molar-refractivity contribution is 5.98. The fourth-order valence-electron chi connectivity index (χ4n) is 5.78. The van der Waals surface area contributed by atoms with E-state index in [0.29, 0.717) is 6.04 Å². The van der Waals surface area contributed by atoms with E-state index in [1.165, 1.54) is 52.0 Å². The van der Waals surface area contributed by atoms with Gasteiger partial charge in [-0.15, -0.1) is 0 Å². The van der Waals surface area contributed by atoms with Gasteiger partial charge in [-0.2, -0.15) is 0 Å². The average molecular weight is 524 g/mol. The van der Waals surface area contributed by atoms with Crippen molar-refractivity contribution in [1.29, 1.82) is 0 Å². The van der Waals surface area contributed by atoms with Gasteiger partial charge in [-0.3, -0.25) is 4.90 Å². The topological polar surface area (TPSA) is 24.5 Å². The molecule has 1 fully saturated rings. The van der Waals surface area contributed by atoms with Crippen LogP contribution in [0.15, 0.2) is 120 Å². The molecule has 0 bridgehead atoms. The number of piperidine rings is 1. The molecule has 2 aliphatic rings. The van der Waals surface area contributed by atoms with Gasteiger partial charge in [-0.05, 0) is 11.6 Å². The third-order valence-corrected chi connectivity index (χ3v) is 7.72. The fourth-order valence-corrected chi connectivity index (χ4v) is 5.78. The number of quaternary nitrogens is 2. The molecule has 2 aliphatic heterocycles. The predicted octanol–water partition coefficient (Wildman–Crippen LogP) is 1.03. The molecule has 4 aromatic rings. The Bertz CT molecular complexity index is 1250. The number of halogens is 1. The van der Waals surface area contributed by atoms with Gasteiger partial charge in [0.15, 0.2) is 5.69 Å². The van der Waals surface area contributed by atoms with Crippen molar-refractivity contribution in [3.05, 3.63) is 132 Å². The third-order valence-electron chi connectivity index (χ3n) is 7.72. The standard InChI is InChI=1S/C33H34N4.ClH/c1-4-12-27(13-5-1)24-35-22-20-30(21-23-35)34-33-36(25-28-14-6-2-7-15-28)31-18-10-11-19-32(31)37(33)26-29-16-8-3-9-17-29;/h1-19,30H,20-26H2;1H/p+1. The smallest absolute Gasteiger partial charge is 0.309 e. The Morgan fingerprint density at radius 2 is 1.16 bits per heavy atom. The van der Waals surface area contributed by atoms with Crippen molar-refractivity contribution in [1.82, 2.24) is 0 Å². The zero-order valence-electron chi connectivity index (χ0n) is 21.8. The summed E-state index contributed by atoms with van der Waals surface area (Å²) in [5, 5.41) is 0. The monoisotopic (exact) mass is 523 g/mol. The zero-order chi connectivity index (χ0) is 24.9. The van der Waals surface area contributed by atoms with Crippen molar-refractivity contribution in [2.45, 2.75) is 38.5 Å². The highest BCUT2D eigenvalue weighted by atomic mass is 35.5. The van der Waals surface area contributed by atoms with Crippen LogP contribution in [0, 0.1) is 0 Å². The van der Waals surface area contributed by atoms with Gasteiger partial charge in [0.1, 0.15) is 18.8 Å². The Morgan fingerprint density at radius 1 is 0.632 bits per heavy atom. The van der Waals surface area contributed by atoms with E-state index in [-0.39, 0.29) is 12.4 Å². The molecule has 0 amide bonds. The number of nitrogens with zero attached hydrogens (tertiary/aromatic N) is 2. The van der Waals surface area contributed by atoms with Crippen LogP contribution in [0.2, 0.25) is 0 Å². The minimum atomic E-state index is 0. The molecule has 194 valence electrons. The summed E-state index contributed by atoms with van der Waals surface area (Å²) in [5.41, 5.74) is 6.69. The van der Waals surface area contributed by atoms with Gasteiger partial charge < -0.3 is 17.3 Å². The Balaban J connectivity index is 0.00000294. The van der Waals surface area contributed by atoms with Crippen molar-refractivity contribution in [2.75, 3.05) is 18.0 Å². The number of para-hydroxylation sites is 2. The Hall–Kier alpha value is -3.44. The maximum atomic E-state index is 5.54. The number of aliphatic imine (C=N–C) groups is 1. The lowest BCUT2D eigenvalue weighted by atomic mass is 10.0. The van der Waals surface area contributed by atoms with Crippen molar-refractivity contribution >= 4 is 17.3 Å². The van der Waals surface area contributed by atoms with E-state index < -0.39 is 0 Å². The van der Waals surface area contributed by atoms with Crippen molar-refractivity contribution < 1.29 is 22.2 Å². The summed E-state index contributed by atoms with van der Waals surface area (Å²) in [4.78, 5) is 11.0. The normalized spacial score (nSPS) is 21.6. The summed E-state index contributed by atoms with van der Waals surface area (Å²) in [6.07, 6.45) is 2.28. The Morgan fingerprint density at radius 3 is 1.79 bits per heavy atom. The minimum Gasteiger partial charge on any atom is -1.00 e. The Labute approximate surface area is 232 Å². The number of benzene rings is 4. The first-order valence-electron chi connectivity index (χ1n) is 13.6. The maximum Gasteiger partial charge on any atom is 0.309 e. The molecule has 1 atom stereocenters. The number of hydrogen-bond acceptors (Lipinski definition) is 1. The highest BCUT2D eigenvalue weighted by Gasteiger charge is 2.39. The number of hydrogen-bond donors (Lipinski definition) is 2. The molecule has 4 aromatic carbocycles. The molecule has 0 aromatic heterocycles. The molecule has 0 radical (unpaired) electrons. The molecule has 0 aliphatic carbocycles. The first-order valence-corrected chi connectivity index (χ1v) is 13.6. The molecule has 1 unspecified atom stereocenters. The van der Waals surface area contributed by atoms with E-state index in [9.17, 15) is 0 Å². The van der Waals surface area contributed by atoms with E-state index in [2.05, 4.69) is 120 Å². The molecular formula is C33H36ClN4+. The molecule has 0 saturated carbocycles. The van der Waals surface area contributed by atoms with Crippen LogP contribution in [0.3, 0.4) is 0 Å². The molecule has 0 spiro atoms. The maximum absolute atomic E-state index is 5.54. The van der Waals surface area contributed by atoms with Crippen molar-refractivity contribution in [3.8, 4) is 0 Å². The van der Waals surface area contributed by atoms with Crippen LogP contribution in [0.5, 0.6) is 0 Å². The van der Waals surface area contributed by atoms with E-state index in [1.807, 2.05) is 0 Å². The van der Waals surface area contributed by atoms with Crippen LogP contribution in [0.1, 0.15) is 29.5 Å². The lowest BCUT2D eigenvalue weighted by Gasteiger charge is -2.28. The summed E-state index contributed by atoms with van der Waals surface area (Å²) in [6, 6.07) is 41.8. The number of likely N-dealkylation sites (tertiary alicyclic amines) is 1. The second-order valence-electron chi connectivity index (χ2n) is 10.3. The Kier molecular flexibility index (Phi) is 8.54. The lowest BCUT2D eigenvalue weighted by molar-refractivity contribution is -0.918. The fraction of sp³-hybridized carbons (Fsp3) is 0.242. The number of nitrogens with one attached hydrogen (secondary N) is 2. The van der Waals surface area contributed by atoms with Gasteiger partial charge in [-0.25, -0.2) is 9.89 Å². The first-order chi connectivity index (χ1) is 18.3. The van der Waals surface area contributed by atoms with E-state index >= 15 is 0 Å². The molecule has 38 heavy (non-hydrogen) atoms. The summed E-state index contributed by atoms with van der Waals surface area (Å²) in [5.74, 6) is 1.17. The second-order valence-corrected chi connectivity index (χ2v) is 10.3. The van der Waals surface area contributed by atoms with Crippen LogP contribution in [-0.2, 0) is 19.6 Å². The first kappa shape index (κ1) is 26.2. The summed E-state index contributed by atoms with van der Waals surface area (Å²) >= 11 is 0. The molecule has 2 N–H and O–H groups in total. The van der Waals surface area contributed by atoms with Crippen LogP contribution in [-0.4, -0.2) is 25.1 Å². The van der Waals surface area contributed by atoms with Crippen LogP contribution in [0.4, 0.5) is 11.4 Å². The van der Waals surface area contributed by atoms with E-state index in [0.717, 1.165) is 32.5 Å². The van der Waals surface area contributed by atoms with Gasteiger partial charge in [0.2, 0.25) is 0 Å². The second kappa shape index (κ2) is 12.4. The number of rotatable bonds is 7. The van der Waals surface area contributed by atoms with Gasteiger partial charge in [0, 0.05) is 30.0 Å². The molecule has 5 heteroatoms. The zero-order valence-corrected chi connectivity index (χ0v) is 22.5. The summed E-state index contributed by atoms with van der Waals surface area (Å²) < 4.78 is 0. The lowest BCUT2D eigenvalue weighted by Crippen LogP contribution is -3.12. The van der Waals surface area contributed by atoms with E-state index in [4.69, 9.17) is 4.99 Å². The minimum absolute atomic E-state index is 0. The van der Waals surface area contributed by atoms with E-state index in [1.54, 1.807) is 4.90 Å². The van der Waals surface area contributed by atoms with Gasteiger partial charge in [-0.1, -0.05) is 103 Å². The van der Waals surface area contributed by atoms with Gasteiger partial charge in [0.25, 0.3) is 0 Å². The number of guanidine groups is 1. The average Bonchev–Trinajstić information content (AvgIpc) is 3.23. The third kappa shape index (κ3) is 5.99. The quantitative estimate of drug-likeness (QED) is 0.372. The van der Waals surface area contributed by atoms with Crippen molar-refractivity contribution in [2.24, 2.45) is 4.99 Å². The van der Waals surface area contributed by atoms with Crippen LogP contribution >= 0.6 is 0 Å². The molecule has 4 nitrogen and oxygen atoms in total. The van der Waals surface area contributed by atoms with Crippen LogP contribution < -0.4 is 27.1 Å². The molecule has 1 saturated heterocycles. The highest BCUT2D eigenvalue weighted by Crippen LogP contribution is 2.30. The molecular weight excluding hydrogens is 488 g/mol. The molecule has 2 heterocycles. The van der Waals surface area contributed by atoms with Crippen LogP contribution in [0.25, 0.3) is 0 Å². The summed E-state index contributed by atoms with van der Waals surface area (Å²) in [6.45, 7) is 5.21. The summed E-state index contributed by atoms with van der Waals surface area (Å²) in [7, 11) is 0. The SMILES string of the molecule is [Cl-].c1ccc(CN2C(=NC3CC[NH+](Cc4ccccc4)CC3)[NH+](Cc3ccccc3)c3ccccc32)cc1. The number of anilines is 1. The van der Waals surface area contributed by atoms with Gasteiger partial charge >= 0.3 is 5.96 Å². The number of fused-ring (bicyclic) bond motifs is 1. The predicted molar refractivity (Wildman–Crippen MR) is 151 cm³/mol. The van der Waals surface area contributed by atoms with Crippen molar-refractivity contribution in [3.63, 3.8) is 0 Å². The van der Waals surface area contributed by atoms with Gasteiger partial charge in [0.05, 0.1) is 25.7 Å². The largest absolute Gasteiger partial charge is 1.00 e.